The summed E-state index contributed by atoms with van der Waals surface area (Å²) in [5.41, 5.74) is 0.425. The van der Waals surface area contributed by atoms with Crippen molar-refractivity contribution in [2.75, 3.05) is 5.75 Å². The molecule has 1 N–H and O–H groups in total. The number of nitrogens with one attached hydrogen (secondary N) is 1. The van der Waals surface area contributed by atoms with E-state index in [1.807, 2.05) is 16.7 Å². The molecule has 1 aromatic carbocycles. The van der Waals surface area contributed by atoms with Crippen LogP contribution in [-0.2, 0) is 18.4 Å². The minimum absolute atomic E-state index is 0.0619. The number of imide groups is 1. The third kappa shape index (κ3) is 4.68. The first-order valence-electron chi connectivity index (χ1n) is 9.42. The molecule has 0 bridgehead atoms. The maximum absolute atomic E-state index is 12.2. The van der Waals surface area contributed by atoms with Crippen LogP contribution in [0.4, 0.5) is 0 Å². The van der Waals surface area contributed by atoms with Crippen LogP contribution in [-0.4, -0.2) is 36.9 Å². The Morgan fingerprint density at radius 3 is 2.73 bits per heavy atom. The second-order valence-corrected chi connectivity index (χ2v) is 8.24. The molecular weight excluding hydrogens is 426 g/mol. The predicted octanol–water partition coefficient (Wildman–Crippen LogP) is 3.23. The van der Waals surface area contributed by atoms with Crippen LogP contribution in [0.3, 0.4) is 0 Å². The van der Waals surface area contributed by atoms with Gasteiger partial charge in [0.1, 0.15) is 18.1 Å². The number of carbonyl (C=O) groups excluding carboxylic acids is 2. The normalized spacial score (nSPS) is 13.3. The van der Waals surface area contributed by atoms with Crippen LogP contribution in [0.25, 0.3) is 0 Å². The summed E-state index contributed by atoms with van der Waals surface area (Å²) >= 11 is 7.39. The van der Waals surface area contributed by atoms with Crippen molar-refractivity contribution in [3.63, 3.8) is 0 Å². The van der Waals surface area contributed by atoms with E-state index in [1.165, 1.54) is 11.8 Å². The van der Waals surface area contributed by atoms with Crippen molar-refractivity contribution in [1.82, 2.24) is 24.6 Å². The molecule has 0 unspecified atom stereocenters. The number of benzene rings is 1. The van der Waals surface area contributed by atoms with Crippen LogP contribution in [0, 0.1) is 0 Å². The summed E-state index contributed by atoms with van der Waals surface area (Å²) in [5.74, 6) is 0.514. The van der Waals surface area contributed by atoms with Crippen LogP contribution in [0.5, 0.6) is 5.75 Å². The maximum Gasteiger partial charge on any atom is 0.274 e. The molecule has 156 valence electrons. The van der Waals surface area contributed by atoms with Crippen molar-refractivity contribution in [1.29, 1.82) is 0 Å². The van der Waals surface area contributed by atoms with Gasteiger partial charge in [-0.1, -0.05) is 35.5 Å². The molecule has 30 heavy (non-hydrogen) atoms. The van der Waals surface area contributed by atoms with E-state index in [1.54, 1.807) is 42.1 Å². The van der Waals surface area contributed by atoms with Gasteiger partial charge in [0.15, 0.2) is 11.0 Å². The summed E-state index contributed by atoms with van der Waals surface area (Å²) in [7, 11) is 1.75. The average molecular weight is 446 g/mol. The lowest BCUT2D eigenvalue weighted by atomic mass is 10.3. The summed E-state index contributed by atoms with van der Waals surface area (Å²) in [5, 5.41) is 12.0. The largest absolute Gasteiger partial charge is 0.484 e. The van der Waals surface area contributed by atoms with Gasteiger partial charge in [-0.3, -0.25) is 19.5 Å². The quantitative estimate of drug-likeness (QED) is 0.535. The number of thioether (sulfide) groups is 1. The van der Waals surface area contributed by atoms with Crippen molar-refractivity contribution in [3.05, 3.63) is 59.1 Å². The molecule has 2 heterocycles. The topological polar surface area (TPSA) is 91.0 Å². The van der Waals surface area contributed by atoms with E-state index >= 15 is 0 Å². The number of aromatic nitrogens is 4. The zero-order chi connectivity index (χ0) is 21.1. The van der Waals surface area contributed by atoms with Crippen LogP contribution < -0.4 is 10.1 Å². The molecule has 0 spiro atoms. The number of hydrogen-bond acceptors (Lipinski definition) is 6. The van der Waals surface area contributed by atoms with Gasteiger partial charge in [0, 0.05) is 19.3 Å². The van der Waals surface area contributed by atoms with E-state index in [-0.39, 0.29) is 18.3 Å². The predicted molar refractivity (Wildman–Crippen MR) is 113 cm³/mol. The number of carbonyl (C=O) groups is 2. The molecule has 2 amide bonds. The molecule has 2 aromatic heterocycles. The van der Waals surface area contributed by atoms with Gasteiger partial charge in [-0.15, -0.1) is 10.2 Å². The molecular formula is C20H20ClN5O3S. The highest BCUT2D eigenvalue weighted by Crippen LogP contribution is 2.39. The zero-order valence-corrected chi connectivity index (χ0v) is 17.8. The molecule has 3 aromatic rings. The number of nitrogens with zero attached hydrogens (tertiary/aromatic N) is 4. The molecule has 4 rings (SSSR count). The van der Waals surface area contributed by atoms with Gasteiger partial charge in [0.2, 0.25) is 5.91 Å². The first-order valence-corrected chi connectivity index (χ1v) is 10.8. The number of amides is 2. The summed E-state index contributed by atoms with van der Waals surface area (Å²) in [6, 6.07) is 11.0. The molecule has 1 fully saturated rings. The third-order valence-corrected chi connectivity index (χ3v) is 5.86. The molecule has 8 nitrogen and oxygen atoms in total. The Morgan fingerprint density at radius 1 is 1.23 bits per heavy atom. The number of hydrogen-bond donors (Lipinski definition) is 1. The summed E-state index contributed by atoms with van der Waals surface area (Å²) in [6.45, 7) is 0.228. The lowest BCUT2D eigenvalue weighted by molar-refractivity contribution is -0.117. The van der Waals surface area contributed by atoms with Crippen molar-refractivity contribution < 1.29 is 14.3 Å². The highest BCUT2D eigenvalue weighted by atomic mass is 35.5. The standard InChI is InChI=1S/C20H20ClN5O3S/c1-25-10-4-6-15(25)19(28)22-18(27)12-30-20-24-23-17(26(20)13-8-9-13)11-29-16-7-3-2-5-14(16)21/h2-7,10,13H,8-9,11-12H2,1H3,(H,22,27,28). The summed E-state index contributed by atoms with van der Waals surface area (Å²) in [6.07, 6.45) is 3.81. The molecule has 10 heteroatoms. The van der Waals surface area contributed by atoms with Gasteiger partial charge in [-0.25, -0.2) is 0 Å². The van der Waals surface area contributed by atoms with Gasteiger partial charge < -0.3 is 9.30 Å². The fourth-order valence-electron chi connectivity index (χ4n) is 2.96. The van der Waals surface area contributed by atoms with Gasteiger partial charge in [0.05, 0.1) is 10.8 Å². The monoisotopic (exact) mass is 445 g/mol. The highest BCUT2D eigenvalue weighted by molar-refractivity contribution is 7.99. The van der Waals surface area contributed by atoms with Crippen molar-refractivity contribution in [2.45, 2.75) is 30.6 Å². The summed E-state index contributed by atoms with van der Waals surface area (Å²) in [4.78, 5) is 24.4. The molecule has 0 atom stereocenters. The van der Waals surface area contributed by atoms with Crippen molar-refractivity contribution in [2.24, 2.45) is 7.05 Å². The minimum Gasteiger partial charge on any atom is -0.484 e. The molecule has 0 saturated heterocycles. The Bertz CT molecular complexity index is 1080. The maximum atomic E-state index is 12.2. The number of ether oxygens (including phenoxy) is 1. The average Bonchev–Trinajstić information content (AvgIpc) is 3.34. The fourth-order valence-corrected chi connectivity index (χ4v) is 3.98. The first-order chi connectivity index (χ1) is 14.5. The molecule has 1 saturated carbocycles. The van der Waals surface area contributed by atoms with Crippen LogP contribution in [0.1, 0.15) is 35.2 Å². The molecule has 1 aliphatic rings. The lowest BCUT2D eigenvalue weighted by Crippen LogP contribution is -2.33. The van der Waals surface area contributed by atoms with Gasteiger partial charge in [-0.2, -0.15) is 0 Å². The third-order valence-electron chi connectivity index (χ3n) is 4.60. The first kappa shape index (κ1) is 20.5. The molecule has 0 aliphatic heterocycles. The lowest BCUT2D eigenvalue weighted by Gasteiger charge is -2.10. The Hall–Kier alpha value is -2.78. The Labute approximate surface area is 182 Å². The molecule has 1 aliphatic carbocycles. The van der Waals surface area contributed by atoms with E-state index < -0.39 is 5.91 Å². The molecule has 0 radical (unpaired) electrons. The van der Waals surface area contributed by atoms with Gasteiger partial charge in [0.25, 0.3) is 5.91 Å². The van der Waals surface area contributed by atoms with Crippen LogP contribution >= 0.6 is 23.4 Å². The van der Waals surface area contributed by atoms with Crippen LogP contribution in [0.2, 0.25) is 5.02 Å². The fraction of sp³-hybridized carbons (Fsp3) is 0.300. The minimum atomic E-state index is -0.425. The number of aryl methyl sites for hydroxylation is 1. The Balaban J connectivity index is 1.37. The van der Waals surface area contributed by atoms with E-state index in [0.29, 0.717) is 33.5 Å². The summed E-state index contributed by atoms with van der Waals surface area (Å²) < 4.78 is 9.46. The second-order valence-electron chi connectivity index (χ2n) is 6.89. The SMILES string of the molecule is Cn1cccc1C(=O)NC(=O)CSc1nnc(COc2ccccc2Cl)n1C1CC1. The van der Waals surface area contributed by atoms with E-state index in [4.69, 9.17) is 16.3 Å². The Morgan fingerprint density at radius 2 is 2.03 bits per heavy atom. The smallest absolute Gasteiger partial charge is 0.274 e. The van der Waals surface area contributed by atoms with Gasteiger partial charge in [-0.05, 0) is 37.1 Å². The second kappa shape index (κ2) is 8.93. The van der Waals surface area contributed by atoms with Gasteiger partial charge >= 0.3 is 0 Å². The van der Waals surface area contributed by atoms with Crippen molar-refractivity contribution >= 4 is 35.2 Å². The number of halogens is 1. The zero-order valence-electron chi connectivity index (χ0n) is 16.2. The van der Waals surface area contributed by atoms with E-state index in [2.05, 4.69) is 15.5 Å². The number of para-hydroxylation sites is 1. The number of rotatable bonds is 8. The highest BCUT2D eigenvalue weighted by Gasteiger charge is 2.30. The van der Waals surface area contributed by atoms with Crippen LogP contribution in [0.15, 0.2) is 47.8 Å². The van der Waals surface area contributed by atoms with E-state index in [9.17, 15) is 9.59 Å². The van der Waals surface area contributed by atoms with E-state index in [0.717, 1.165) is 12.8 Å². The van der Waals surface area contributed by atoms with Crippen molar-refractivity contribution in [3.8, 4) is 5.75 Å². The Kier molecular flexibility index (Phi) is 6.10.